The number of hydrogen-bond donors (Lipinski definition) is 1. The first-order chi connectivity index (χ1) is 7.20. The van der Waals surface area contributed by atoms with Gasteiger partial charge in [-0.2, -0.15) is 4.98 Å². The SMILES string of the molecule is CCc1nc(N)oc1C1CCN(C)CC1. The summed E-state index contributed by atoms with van der Waals surface area (Å²) < 4.78 is 5.53. The van der Waals surface area contributed by atoms with Crippen LogP contribution in [0.2, 0.25) is 0 Å². The predicted molar refractivity (Wildman–Crippen MR) is 59.8 cm³/mol. The van der Waals surface area contributed by atoms with Gasteiger partial charge in [-0.1, -0.05) is 6.92 Å². The fourth-order valence-corrected chi connectivity index (χ4v) is 2.23. The van der Waals surface area contributed by atoms with Crippen molar-refractivity contribution in [2.75, 3.05) is 25.9 Å². The Hall–Kier alpha value is -1.03. The van der Waals surface area contributed by atoms with E-state index in [9.17, 15) is 0 Å². The van der Waals surface area contributed by atoms with Crippen molar-refractivity contribution in [2.24, 2.45) is 0 Å². The smallest absolute Gasteiger partial charge is 0.292 e. The number of anilines is 1. The highest BCUT2D eigenvalue weighted by molar-refractivity contribution is 5.23. The number of piperidine rings is 1. The molecular weight excluding hydrogens is 190 g/mol. The van der Waals surface area contributed by atoms with Crippen molar-refractivity contribution in [3.8, 4) is 0 Å². The monoisotopic (exact) mass is 209 g/mol. The lowest BCUT2D eigenvalue weighted by Crippen LogP contribution is -2.29. The Bertz CT molecular complexity index is 327. The van der Waals surface area contributed by atoms with E-state index >= 15 is 0 Å². The molecule has 0 radical (unpaired) electrons. The Balaban J connectivity index is 2.14. The first-order valence-electron chi connectivity index (χ1n) is 5.64. The molecule has 0 amide bonds. The summed E-state index contributed by atoms with van der Waals surface area (Å²) in [6.45, 7) is 4.36. The van der Waals surface area contributed by atoms with Crippen LogP contribution in [0, 0.1) is 0 Å². The van der Waals surface area contributed by atoms with Gasteiger partial charge in [-0.05, 0) is 39.4 Å². The number of nitrogen functional groups attached to an aromatic ring is 1. The molecule has 15 heavy (non-hydrogen) atoms. The topological polar surface area (TPSA) is 55.3 Å². The molecule has 2 heterocycles. The second-order valence-electron chi connectivity index (χ2n) is 4.29. The van der Waals surface area contributed by atoms with Gasteiger partial charge in [0, 0.05) is 5.92 Å². The quantitative estimate of drug-likeness (QED) is 0.804. The molecule has 84 valence electrons. The van der Waals surface area contributed by atoms with Crippen LogP contribution in [0.5, 0.6) is 0 Å². The van der Waals surface area contributed by atoms with Crippen LogP contribution in [0.15, 0.2) is 4.42 Å². The van der Waals surface area contributed by atoms with Crippen molar-refractivity contribution in [3.05, 3.63) is 11.5 Å². The average molecular weight is 209 g/mol. The summed E-state index contributed by atoms with van der Waals surface area (Å²) >= 11 is 0. The third-order valence-electron chi connectivity index (χ3n) is 3.17. The number of aromatic nitrogens is 1. The van der Waals surface area contributed by atoms with Crippen LogP contribution >= 0.6 is 0 Å². The van der Waals surface area contributed by atoms with Crippen molar-refractivity contribution in [2.45, 2.75) is 32.1 Å². The molecule has 1 saturated heterocycles. The molecule has 4 nitrogen and oxygen atoms in total. The number of hydrogen-bond acceptors (Lipinski definition) is 4. The van der Waals surface area contributed by atoms with Gasteiger partial charge in [0.05, 0.1) is 5.69 Å². The molecule has 0 bridgehead atoms. The van der Waals surface area contributed by atoms with Gasteiger partial charge in [0.2, 0.25) is 0 Å². The highest BCUT2D eigenvalue weighted by Crippen LogP contribution is 2.31. The normalized spacial score (nSPS) is 19.6. The fraction of sp³-hybridized carbons (Fsp3) is 0.727. The Labute approximate surface area is 90.5 Å². The van der Waals surface area contributed by atoms with E-state index in [4.69, 9.17) is 10.2 Å². The van der Waals surface area contributed by atoms with Crippen molar-refractivity contribution in [1.82, 2.24) is 9.88 Å². The van der Waals surface area contributed by atoms with E-state index < -0.39 is 0 Å². The number of nitrogens with zero attached hydrogens (tertiary/aromatic N) is 2. The van der Waals surface area contributed by atoms with Gasteiger partial charge in [0.1, 0.15) is 5.76 Å². The zero-order chi connectivity index (χ0) is 10.8. The Kier molecular flexibility index (Phi) is 2.95. The molecule has 0 spiro atoms. The number of aryl methyl sites for hydroxylation is 1. The first-order valence-corrected chi connectivity index (χ1v) is 5.64. The molecular formula is C11H19N3O. The minimum Gasteiger partial charge on any atom is -0.428 e. The molecule has 1 aliphatic rings. The van der Waals surface area contributed by atoms with E-state index in [1.54, 1.807) is 0 Å². The van der Waals surface area contributed by atoms with Crippen LogP contribution in [0.25, 0.3) is 0 Å². The van der Waals surface area contributed by atoms with Crippen LogP contribution in [0.3, 0.4) is 0 Å². The van der Waals surface area contributed by atoms with Gasteiger partial charge in [-0.25, -0.2) is 0 Å². The van der Waals surface area contributed by atoms with Crippen molar-refractivity contribution in [3.63, 3.8) is 0 Å². The number of nitrogens with two attached hydrogens (primary N) is 1. The summed E-state index contributed by atoms with van der Waals surface area (Å²) in [6, 6.07) is 0.320. The molecule has 0 aromatic carbocycles. The molecule has 1 aromatic rings. The second kappa shape index (κ2) is 4.23. The summed E-state index contributed by atoms with van der Waals surface area (Å²) in [6.07, 6.45) is 3.21. The Morgan fingerprint density at radius 1 is 1.47 bits per heavy atom. The van der Waals surface area contributed by atoms with Gasteiger partial charge in [-0.3, -0.25) is 0 Å². The zero-order valence-electron chi connectivity index (χ0n) is 9.49. The minimum absolute atomic E-state index is 0.320. The number of oxazole rings is 1. The van der Waals surface area contributed by atoms with Crippen molar-refractivity contribution >= 4 is 6.01 Å². The highest BCUT2D eigenvalue weighted by Gasteiger charge is 2.24. The molecule has 0 aliphatic carbocycles. The van der Waals surface area contributed by atoms with E-state index in [0.717, 1.165) is 43.8 Å². The standard InChI is InChI=1S/C11H19N3O/c1-3-9-10(15-11(12)13-9)8-4-6-14(2)7-5-8/h8H,3-7H2,1-2H3,(H2,12,13). The molecule has 2 N–H and O–H groups in total. The van der Waals surface area contributed by atoms with Crippen LogP contribution in [0.1, 0.15) is 37.1 Å². The maximum Gasteiger partial charge on any atom is 0.292 e. The van der Waals surface area contributed by atoms with Gasteiger partial charge >= 0.3 is 0 Å². The van der Waals surface area contributed by atoms with E-state index in [0.29, 0.717) is 11.9 Å². The molecule has 1 aliphatic heterocycles. The van der Waals surface area contributed by atoms with Crippen LogP contribution in [0.4, 0.5) is 6.01 Å². The summed E-state index contributed by atoms with van der Waals surface area (Å²) in [5.74, 6) is 1.55. The van der Waals surface area contributed by atoms with Gasteiger partial charge in [0.25, 0.3) is 6.01 Å². The maximum absolute atomic E-state index is 5.60. The summed E-state index contributed by atoms with van der Waals surface area (Å²) in [4.78, 5) is 6.57. The van der Waals surface area contributed by atoms with E-state index in [2.05, 4.69) is 23.9 Å². The molecule has 0 unspecified atom stereocenters. The molecule has 1 aromatic heterocycles. The second-order valence-corrected chi connectivity index (χ2v) is 4.29. The lowest BCUT2D eigenvalue weighted by molar-refractivity contribution is 0.241. The zero-order valence-corrected chi connectivity index (χ0v) is 9.49. The van der Waals surface area contributed by atoms with Gasteiger partial charge < -0.3 is 15.1 Å². The van der Waals surface area contributed by atoms with Crippen molar-refractivity contribution in [1.29, 1.82) is 0 Å². The fourth-order valence-electron chi connectivity index (χ4n) is 2.23. The molecule has 0 saturated carbocycles. The lowest BCUT2D eigenvalue weighted by Gasteiger charge is -2.27. The summed E-state index contributed by atoms with van der Waals surface area (Å²) in [5, 5.41) is 0. The summed E-state index contributed by atoms with van der Waals surface area (Å²) in [5.41, 5.74) is 6.64. The maximum atomic E-state index is 5.60. The Morgan fingerprint density at radius 3 is 2.73 bits per heavy atom. The third-order valence-corrected chi connectivity index (χ3v) is 3.17. The van der Waals surface area contributed by atoms with E-state index in [1.807, 2.05) is 0 Å². The lowest BCUT2D eigenvalue weighted by atomic mass is 9.93. The van der Waals surface area contributed by atoms with Gasteiger partial charge in [0.15, 0.2) is 0 Å². The molecule has 0 atom stereocenters. The van der Waals surface area contributed by atoms with Crippen LogP contribution in [-0.2, 0) is 6.42 Å². The third kappa shape index (κ3) is 2.15. The van der Waals surface area contributed by atoms with E-state index in [1.165, 1.54) is 0 Å². The van der Waals surface area contributed by atoms with Crippen LogP contribution < -0.4 is 5.73 Å². The number of likely N-dealkylation sites (tertiary alicyclic amines) is 1. The number of rotatable bonds is 2. The predicted octanol–water partition coefficient (Wildman–Crippen LogP) is 1.63. The van der Waals surface area contributed by atoms with E-state index in [-0.39, 0.29) is 0 Å². The minimum atomic E-state index is 0.320. The summed E-state index contributed by atoms with van der Waals surface area (Å²) in [7, 11) is 2.16. The molecule has 1 fully saturated rings. The van der Waals surface area contributed by atoms with Gasteiger partial charge in [-0.15, -0.1) is 0 Å². The molecule has 4 heteroatoms. The highest BCUT2D eigenvalue weighted by atomic mass is 16.4. The average Bonchev–Trinajstić information content (AvgIpc) is 2.61. The largest absolute Gasteiger partial charge is 0.428 e. The first kappa shape index (κ1) is 10.5. The molecule has 2 rings (SSSR count). The van der Waals surface area contributed by atoms with Crippen LogP contribution in [-0.4, -0.2) is 30.0 Å². The Morgan fingerprint density at radius 2 is 2.13 bits per heavy atom. The van der Waals surface area contributed by atoms with Crippen molar-refractivity contribution < 1.29 is 4.42 Å².